The Bertz CT molecular complexity index is 1710. The van der Waals surface area contributed by atoms with E-state index in [1.54, 1.807) is 9.47 Å². The number of fused-ring (bicyclic) bond motifs is 3. The summed E-state index contributed by atoms with van der Waals surface area (Å²) in [6.45, 7) is 4.29. The molecular weight excluding hydrogens is 526 g/mol. The molecule has 0 unspecified atom stereocenters. The van der Waals surface area contributed by atoms with Crippen LogP contribution in [0.15, 0.2) is 125 Å². The molecule has 1 amide bonds. The lowest BCUT2D eigenvalue weighted by atomic mass is 9.69. The molecule has 1 heterocycles. The Morgan fingerprint density at radius 1 is 0.854 bits per heavy atom. The van der Waals surface area contributed by atoms with Crippen molar-refractivity contribution in [2.24, 2.45) is 0 Å². The third-order valence-electron chi connectivity index (χ3n) is 7.91. The first kappa shape index (κ1) is 26.8. The number of rotatable bonds is 7. The average Bonchev–Trinajstić information content (AvgIpc) is 3.01. The van der Waals surface area contributed by atoms with Crippen molar-refractivity contribution in [3.63, 3.8) is 0 Å². The summed E-state index contributed by atoms with van der Waals surface area (Å²) in [7, 11) is 0. The fraction of sp³-hybridized carbons (Fsp3) is 0.171. The van der Waals surface area contributed by atoms with Gasteiger partial charge in [0.1, 0.15) is 0 Å². The summed E-state index contributed by atoms with van der Waals surface area (Å²) in [5.41, 5.74) is 5.56. The first-order valence-electron chi connectivity index (χ1n) is 13.9. The van der Waals surface area contributed by atoms with E-state index in [9.17, 15) is 9.59 Å². The van der Waals surface area contributed by atoms with Gasteiger partial charge in [0.25, 0.3) is 5.56 Å². The Kier molecular flexibility index (Phi) is 7.33. The van der Waals surface area contributed by atoms with Gasteiger partial charge in [0.2, 0.25) is 5.91 Å². The summed E-state index contributed by atoms with van der Waals surface area (Å²) in [5, 5.41) is 0.504. The SMILES string of the molecule is CC[C@@]1(C)Cc2ccccc2-c2nc(SCC(=O)N(c3ccccc3)c3ccccc3)n(-c3ccccc3)c(=O)c21. The lowest BCUT2D eigenvalue weighted by molar-refractivity contribution is -0.115. The number of thioether (sulfide) groups is 1. The Morgan fingerprint density at radius 3 is 2.02 bits per heavy atom. The summed E-state index contributed by atoms with van der Waals surface area (Å²) in [5.74, 6) is 0.00642. The molecule has 5 aromatic rings. The molecule has 0 radical (unpaired) electrons. The van der Waals surface area contributed by atoms with Crippen LogP contribution in [0.4, 0.5) is 11.4 Å². The van der Waals surface area contributed by atoms with Gasteiger partial charge in [-0.2, -0.15) is 0 Å². The van der Waals surface area contributed by atoms with Gasteiger partial charge in [-0.1, -0.05) is 104 Å². The van der Waals surface area contributed by atoms with E-state index in [1.165, 1.54) is 17.3 Å². The van der Waals surface area contributed by atoms with Crippen LogP contribution < -0.4 is 10.5 Å². The minimum absolute atomic E-state index is 0.0713. The predicted octanol–water partition coefficient (Wildman–Crippen LogP) is 7.58. The number of anilines is 2. The number of aromatic nitrogens is 2. The average molecular weight is 558 g/mol. The molecule has 204 valence electrons. The maximum Gasteiger partial charge on any atom is 0.263 e. The van der Waals surface area contributed by atoms with Crippen molar-refractivity contribution in [1.82, 2.24) is 9.55 Å². The van der Waals surface area contributed by atoms with E-state index in [0.29, 0.717) is 5.16 Å². The summed E-state index contributed by atoms with van der Waals surface area (Å²) in [6.07, 6.45) is 1.60. The number of amides is 1. The Balaban J connectivity index is 1.47. The summed E-state index contributed by atoms with van der Waals surface area (Å²) in [6, 6.07) is 37.1. The second-order valence-electron chi connectivity index (χ2n) is 10.5. The number of hydrogen-bond acceptors (Lipinski definition) is 4. The van der Waals surface area contributed by atoms with Crippen LogP contribution in [0.25, 0.3) is 16.9 Å². The molecule has 6 rings (SSSR count). The number of benzene rings is 4. The van der Waals surface area contributed by atoms with Crippen LogP contribution >= 0.6 is 11.8 Å². The van der Waals surface area contributed by atoms with E-state index in [1.807, 2.05) is 103 Å². The Morgan fingerprint density at radius 2 is 1.41 bits per heavy atom. The molecule has 1 aliphatic carbocycles. The second kappa shape index (κ2) is 11.2. The van der Waals surface area contributed by atoms with E-state index in [-0.39, 0.29) is 22.6 Å². The van der Waals surface area contributed by atoms with E-state index >= 15 is 0 Å². The molecule has 0 N–H and O–H groups in total. The summed E-state index contributed by atoms with van der Waals surface area (Å²) >= 11 is 1.30. The summed E-state index contributed by atoms with van der Waals surface area (Å²) in [4.78, 5) is 35.2. The van der Waals surface area contributed by atoms with Crippen molar-refractivity contribution >= 4 is 29.0 Å². The molecule has 41 heavy (non-hydrogen) atoms. The largest absolute Gasteiger partial charge is 0.280 e. The van der Waals surface area contributed by atoms with Crippen LogP contribution in [-0.4, -0.2) is 21.2 Å². The number of hydrogen-bond donors (Lipinski definition) is 0. The van der Waals surface area contributed by atoms with Crippen molar-refractivity contribution in [3.05, 3.63) is 137 Å². The van der Waals surface area contributed by atoms with Crippen molar-refractivity contribution in [3.8, 4) is 16.9 Å². The van der Waals surface area contributed by atoms with Crippen LogP contribution in [0.2, 0.25) is 0 Å². The highest BCUT2D eigenvalue weighted by Crippen LogP contribution is 2.43. The zero-order valence-corrected chi connectivity index (χ0v) is 24.0. The van der Waals surface area contributed by atoms with E-state index in [4.69, 9.17) is 4.98 Å². The van der Waals surface area contributed by atoms with Gasteiger partial charge in [-0.3, -0.25) is 19.1 Å². The fourth-order valence-electron chi connectivity index (χ4n) is 5.64. The Labute approximate surface area is 244 Å². The number of nitrogens with zero attached hydrogens (tertiary/aromatic N) is 3. The van der Waals surface area contributed by atoms with Crippen LogP contribution in [0.5, 0.6) is 0 Å². The molecule has 0 fully saturated rings. The lowest BCUT2D eigenvalue weighted by Gasteiger charge is -2.36. The van der Waals surface area contributed by atoms with Crippen LogP contribution in [-0.2, 0) is 16.6 Å². The van der Waals surface area contributed by atoms with Crippen LogP contribution in [0.1, 0.15) is 31.4 Å². The maximum absolute atomic E-state index is 14.5. The molecule has 4 aromatic carbocycles. The van der Waals surface area contributed by atoms with Crippen molar-refractivity contribution in [1.29, 1.82) is 0 Å². The number of carbonyl (C=O) groups is 1. The predicted molar refractivity (Wildman–Crippen MR) is 167 cm³/mol. The highest BCUT2D eigenvalue weighted by atomic mass is 32.2. The highest BCUT2D eigenvalue weighted by molar-refractivity contribution is 7.99. The monoisotopic (exact) mass is 557 g/mol. The third kappa shape index (κ3) is 5.00. The topological polar surface area (TPSA) is 55.2 Å². The molecule has 6 heteroatoms. The number of para-hydroxylation sites is 3. The van der Waals surface area contributed by atoms with E-state index in [2.05, 4.69) is 26.0 Å². The maximum atomic E-state index is 14.5. The van der Waals surface area contributed by atoms with Crippen molar-refractivity contribution < 1.29 is 4.79 Å². The van der Waals surface area contributed by atoms with Gasteiger partial charge < -0.3 is 0 Å². The molecule has 0 aliphatic heterocycles. The molecule has 0 spiro atoms. The van der Waals surface area contributed by atoms with Gasteiger partial charge in [0.05, 0.1) is 22.7 Å². The molecule has 1 aliphatic rings. The fourth-order valence-corrected chi connectivity index (χ4v) is 6.49. The van der Waals surface area contributed by atoms with Gasteiger partial charge in [-0.25, -0.2) is 4.98 Å². The molecular formula is C35H31N3O2S. The molecule has 0 saturated heterocycles. The third-order valence-corrected chi connectivity index (χ3v) is 8.83. The minimum Gasteiger partial charge on any atom is -0.280 e. The quantitative estimate of drug-likeness (QED) is 0.153. The van der Waals surface area contributed by atoms with Crippen molar-refractivity contribution in [2.45, 2.75) is 37.3 Å². The molecule has 0 bridgehead atoms. The van der Waals surface area contributed by atoms with Gasteiger partial charge >= 0.3 is 0 Å². The minimum atomic E-state index is -0.346. The van der Waals surface area contributed by atoms with E-state index in [0.717, 1.165) is 46.7 Å². The van der Waals surface area contributed by atoms with Gasteiger partial charge in [-0.05, 0) is 54.8 Å². The molecule has 0 saturated carbocycles. The van der Waals surface area contributed by atoms with Gasteiger partial charge in [-0.15, -0.1) is 0 Å². The molecule has 1 atom stereocenters. The van der Waals surface area contributed by atoms with Gasteiger partial charge in [0, 0.05) is 22.4 Å². The van der Waals surface area contributed by atoms with E-state index < -0.39 is 0 Å². The highest BCUT2D eigenvalue weighted by Gasteiger charge is 2.38. The molecule has 5 nitrogen and oxygen atoms in total. The molecule has 1 aromatic heterocycles. The van der Waals surface area contributed by atoms with Crippen LogP contribution in [0, 0.1) is 0 Å². The van der Waals surface area contributed by atoms with Crippen molar-refractivity contribution in [2.75, 3.05) is 10.7 Å². The first-order valence-corrected chi connectivity index (χ1v) is 14.9. The second-order valence-corrected chi connectivity index (χ2v) is 11.5. The number of carbonyl (C=O) groups excluding carboxylic acids is 1. The zero-order chi connectivity index (χ0) is 28.4. The zero-order valence-electron chi connectivity index (χ0n) is 23.2. The standard InChI is InChI=1S/C35H31N3O2S/c1-3-35(2)23-25-15-13-14-22-29(25)32-31(35)33(40)38(28-20-11-6-12-21-28)34(36-32)41-24-30(39)37(26-16-7-4-8-17-26)27-18-9-5-10-19-27/h4-22H,3,23-24H2,1-2H3/t35-/m0/s1. The normalized spacial score (nSPS) is 15.6. The Hall–Kier alpha value is -4.42. The van der Waals surface area contributed by atoms with Crippen LogP contribution in [0.3, 0.4) is 0 Å². The first-order chi connectivity index (χ1) is 20.0. The lowest BCUT2D eigenvalue weighted by Crippen LogP contribution is -2.39. The van der Waals surface area contributed by atoms with Gasteiger partial charge in [0.15, 0.2) is 5.16 Å². The smallest absolute Gasteiger partial charge is 0.263 e. The summed E-state index contributed by atoms with van der Waals surface area (Å²) < 4.78 is 1.69.